The molecule has 18 heteroatoms. The highest BCUT2D eigenvalue weighted by molar-refractivity contribution is 5.95. The second-order valence-corrected chi connectivity index (χ2v) is 20.6. The monoisotopic (exact) mass is 856 g/mol. The first-order chi connectivity index (χ1) is 26.8. The van der Waals surface area contributed by atoms with Gasteiger partial charge in [-0.2, -0.15) is 0 Å². The van der Waals surface area contributed by atoms with Crippen LogP contribution in [0.25, 0.3) is 0 Å². The molecule has 0 radical (unpaired) electrons. The molecule has 0 unspecified atom stereocenters. The molecule has 19 atom stereocenters. The van der Waals surface area contributed by atoms with Crippen LogP contribution in [-0.4, -0.2) is 132 Å². The van der Waals surface area contributed by atoms with Crippen molar-refractivity contribution in [1.82, 2.24) is 12.3 Å². The molecule has 7 rings (SSSR count). The van der Waals surface area contributed by atoms with Gasteiger partial charge in [0.1, 0.15) is 36.6 Å². The summed E-state index contributed by atoms with van der Waals surface area (Å²) in [5, 5.41) is 83.0. The zero-order valence-corrected chi connectivity index (χ0v) is 35.8. The fourth-order valence-corrected chi connectivity index (χ4v) is 13.4. The minimum Gasteiger partial charge on any atom is -0.481 e. The van der Waals surface area contributed by atoms with Crippen molar-refractivity contribution in [3.8, 4) is 0 Å². The Kier molecular flexibility index (Phi) is 12.8. The number of aliphatic hydroxyl groups is 5. The van der Waals surface area contributed by atoms with Gasteiger partial charge in [-0.1, -0.05) is 47.1 Å². The zero-order valence-electron chi connectivity index (χ0n) is 35.8. The minimum atomic E-state index is -2.05. The lowest BCUT2D eigenvalue weighted by molar-refractivity contribution is -0.371. The molecule has 0 aromatic rings. The number of ether oxygens (including phenoxy) is 4. The molecule has 342 valence electrons. The van der Waals surface area contributed by atoms with Crippen molar-refractivity contribution < 1.29 is 79.0 Å². The van der Waals surface area contributed by atoms with Crippen molar-refractivity contribution >= 4 is 23.7 Å². The molecular weight excluding hydrogens is 788 g/mol. The van der Waals surface area contributed by atoms with Crippen LogP contribution in [0.3, 0.4) is 0 Å². The van der Waals surface area contributed by atoms with Crippen LogP contribution in [0.15, 0.2) is 11.6 Å². The van der Waals surface area contributed by atoms with Gasteiger partial charge in [0.2, 0.25) is 0 Å². The first-order valence-electron chi connectivity index (χ1n) is 20.7. The van der Waals surface area contributed by atoms with Crippen LogP contribution in [0, 0.1) is 50.2 Å². The Morgan fingerprint density at radius 2 is 1.25 bits per heavy atom. The third kappa shape index (κ3) is 6.96. The number of hydrogen-bond donors (Lipinski definition) is 10. The van der Waals surface area contributed by atoms with Crippen LogP contribution in [0.4, 0.5) is 0 Å². The maximum Gasteiger partial charge on any atom is 0.335 e. The van der Waals surface area contributed by atoms with E-state index in [0.29, 0.717) is 25.7 Å². The molecule has 7 aliphatic rings. The van der Waals surface area contributed by atoms with Crippen LogP contribution in [0.2, 0.25) is 0 Å². The summed E-state index contributed by atoms with van der Waals surface area (Å²) in [6.45, 7) is 14.8. The van der Waals surface area contributed by atoms with Crippen LogP contribution in [0.1, 0.15) is 106 Å². The first-order valence-corrected chi connectivity index (χ1v) is 20.7. The Hall–Kier alpha value is -2.62. The molecule has 0 aromatic carbocycles. The quantitative estimate of drug-likeness (QED) is 0.164. The molecule has 0 amide bonds. The summed E-state index contributed by atoms with van der Waals surface area (Å²) in [6, 6.07) is 0. The van der Waals surface area contributed by atoms with Gasteiger partial charge in [-0.25, -0.2) is 9.59 Å². The van der Waals surface area contributed by atoms with Gasteiger partial charge in [0, 0.05) is 5.92 Å². The number of carboxylic acid groups (broad SMARTS) is 3. The summed E-state index contributed by atoms with van der Waals surface area (Å²) in [6.07, 6.45) is -12.2. The number of fused-ring (bicyclic) bond motifs is 7. The molecule has 5 aliphatic carbocycles. The van der Waals surface area contributed by atoms with E-state index in [1.54, 1.807) is 0 Å². The number of carbonyl (C=O) groups excluding carboxylic acids is 1. The van der Waals surface area contributed by atoms with Crippen molar-refractivity contribution in [3.63, 3.8) is 0 Å². The smallest absolute Gasteiger partial charge is 0.335 e. The highest BCUT2D eigenvalue weighted by atomic mass is 16.8. The number of aliphatic carboxylic acids is 3. The Balaban J connectivity index is 0.00000341. The topological polar surface area (TPSA) is 337 Å². The zero-order chi connectivity index (χ0) is 42.9. The Morgan fingerprint density at radius 3 is 1.83 bits per heavy atom. The number of rotatable bonds is 7. The lowest BCUT2D eigenvalue weighted by atomic mass is 9.33. The van der Waals surface area contributed by atoms with E-state index in [2.05, 4.69) is 27.7 Å². The average molecular weight is 857 g/mol. The van der Waals surface area contributed by atoms with E-state index in [1.807, 2.05) is 26.8 Å². The summed E-state index contributed by atoms with van der Waals surface area (Å²) in [4.78, 5) is 51.3. The van der Waals surface area contributed by atoms with Gasteiger partial charge in [0.25, 0.3) is 0 Å². The van der Waals surface area contributed by atoms with Crippen LogP contribution >= 0.6 is 0 Å². The van der Waals surface area contributed by atoms with Gasteiger partial charge in [-0.15, -0.1) is 0 Å². The SMILES string of the molecule is CC1(C)[C@@H](O[C@H]2O[C@H](C(=O)O)[C@@H](O)[C@H](O)[C@H]2O[C@@H]2O[C@H](C(=O)O)[C@@H](O)[C@H](O)[C@H]2O)CC[C@]2(C)[C@H]3C(=O)C=C4[C@H]5C[C@@](C)(C(=O)O)CC[C@]5(C)CC[C@@]4(C)[C@]3(C)CC[C@@H]12.N.N. The number of ketones is 1. The molecule has 2 saturated heterocycles. The van der Waals surface area contributed by atoms with Crippen LogP contribution in [-0.2, 0) is 38.1 Å². The molecule has 2 heterocycles. The number of carbonyl (C=O) groups is 4. The highest BCUT2D eigenvalue weighted by Crippen LogP contribution is 2.75. The molecule has 0 spiro atoms. The van der Waals surface area contributed by atoms with E-state index in [0.717, 1.165) is 37.7 Å². The summed E-state index contributed by atoms with van der Waals surface area (Å²) in [7, 11) is 0. The van der Waals surface area contributed by atoms with Gasteiger partial charge >= 0.3 is 17.9 Å². The second kappa shape index (κ2) is 15.9. The first kappa shape index (κ1) is 48.4. The maximum atomic E-state index is 14.8. The van der Waals surface area contributed by atoms with E-state index in [4.69, 9.17) is 18.9 Å². The predicted octanol–water partition coefficient (Wildman–Crippen LogP) is 2.57. The summed E-state index contributed by atoms with van der Waals surface area (Å²) >= 11 is 0. The highest BCUT2D eigenvalue weighted by Gasteiger charge is 2.71. The second-order valence-electron chi connectivity index (χ2n) is 20.6. The van der Waals surface area contributed by atoms with E-state index in [-0.39, 0.29) is 46.7 Å². The van der Waals surface area contributed by atoms with Crippen molar-refractivity contribution in [1.29, 1.82) is 0 Å². The number of hydrogen-bond acceptors (Lipinski definition) is 15. The largest absolute Gasteiger partial charge is 0.481 e. The van der Waals surface area contributed by atoms with Crippen LogP contribution < -0.4 is 12.3 Å². The Morgan fingerprint density at radius 1 is 0.683 bits per heavy atom. The Bertz CT molecular complexity index is 1740. The van der Waals surface area contributed by atoms with Gasteiger partial charge < -0.3 is 72.1 Å². The van der Waals surface area contributed by atoms with Gasteiger partial charge in [-0.05, 0) is 110 Å². The molecule has 0 bridgehead atoms. The summed E-state index contributed by atoms with van der Waals surface area (Å²) in [5.74, 6) is -4.47. The van der Waals surface area contributed by atoms with Gasteiger partial charge in [-0.3, -0.25) is 9.59 Å². The van der Waals surface area contributed by atoms with E-state index in [1.165, 1.54) is 0 Å². The molecule has 0 aromatic heterocycles. The van der Waals surface area contributed by atoms with Crippen molar-refractivity contribution in [2.24, 2.45) is 50.2 Å². The number of aliphatic hydroxyl groups excluding tert-OH is 5. The Labute approximate surface area is 350 Å². The molecule has 4 saturated carbocycles. The lowest BCUT2D eigenvalue weighted by Gasteiger charge is -2.70. The predicted molar refractivity (Wildman–Crippen MR) is 209 cm³/mol. The van der Waals surface area contributed by atoms with E-state index < -0.39 is 107 Å². The lowest BCUT2D eigenvalue weighted by Crippen LogP contribution is -2.68. The van der Waals surface area contributed by atoms with E-state index in [9.17, 15) is 60.0 Å². The number of allylic oxidation sites excluding steroid dienone is 2. The third-order valence-corrected chi connectivity index (χ3v) is 17.2. The van der Waals surface area contributed by atoms with Gasteiger partial charge in [0.05, 0.1) is 11.5 Å². The minimum absolute atomic E-state index is 0. The van der Waals surface area contributed by atoms with Crippen molar-refractivity contribution in [2.45, 2.75) is 174 Å². The van der Waals surface area contributed by atoms with Crippen molar-refractivity contribution in [3.05, 3.63) is 11.6 Å². The molecule has 2 aliphatic heterocycles. The van der Waals surface area contributed by atoms with Crippen molar-refractivity contribution in [2.75, 3.05) is 0 Å². The average Bonchev–Trinajstić information content (AvgIpc) is 3.13. The third-order valence-electron chi connectivity index (χ3n) is 17.2. The molecule has 18 nitrogen and oxygen atoms in total. The summed E-state index contributed by atoms with van der Waals surface area (Å²) in [5.41, 5.74) is -1.81. The normalized spacial score (nSPS) is 50.8. The molecular formula is C42H68N2O16. The summed E-state index contributed by atoms with van der Waals surface area (Å²) < 4.78 is 23.4. The molecule has 6 fully saturated rings. The number of carboxylic acids is 3. The van der Waals surface area contributed by atoms with Gasteiger partial charge in [0.15, 0.2) is 30.6 Å². The fourth-order valence-electron chi connectivity index (χ4n) is 13.4. The maximum absolute atomic E-state index is 14.8. The standard InChI is InChI=1S/C42H62O16.2H3N/c1-37(2)21-8-11-42(7)31(20(43)16-18-19-17-39(4,36(53)54)13-12-38(19,3)14-15-41(18,42)6)40(21,5)10-9-22(37)55-35-30(26(47)25(46)29(57-35)33(51)52)58-34-27(48)23(44)24(45)28(56-34)32(49)50;;/h16,19,21-31,34-35,44-48H,8-15,17H2,1-7H3,(H,49,50)(H,51,52)(H,53,54);2*1H3/t19-,21+,22+,23+,24+,25+,26+,27-,28+,29+,30-,31-,34+,35+,38-,39+,40+,41-,42-;;/m1../s1. The fraction of sp³-hybridized carbons (Fsp3) is 0.857. The molecule has 14 N–H and O–H groups in total. The van der Waals surface area contributed by atoms with Crippen LogP contribution in [0.5, 0.6) is 0 Å². The van der Waals surface area contributed by atoms with E-state index >= 15 is 0 Å². The molecule has 60 heavy (non-hydrogen) atoms.